The SMILES string of the molecule is Cc1cc(C#CCO)cc(NS(=O)(=O)NC(C)(C)C)c1. The van der Waals surface area contributed by atoms with Crippen LogP contribution in [0.4, 0.5) is 5.69 Å². The van der Waals surface area contributed by atoms with Crippen molar-refractivity contribution in [3.05, 3.63) is 29.3 Å². The Morgan fingerprint density at radius 1 is 1.25 bits per heavy atom. The van der Waals surface area contributed by atoms with Crippen LogP contribution in [0.1, 0.15) is 31.9 Å². The number of hydrogen-bond acceptors (Lipinski definition) is 3. The van der Waals surface area contributed by atoms with Crippen LogP contribution in [0.15, 0.2) is 18.2 Å². The van der Waals surface area contributed by atoms with Crippen molar-refractivity contribution in [3.8, 4) is 11.8 Å². The van der Waals surface area contributed by atoms with Crippen molar-refractivity contribution < 1.29 is 13.5 Å². The third-order valence-electron chi connectivity index (χ3n) is 2.08. The second-order valence-corrected chi connectivity index (χ2v) is 6.92. The van der Waals surface area contributed by atoms with Gasteiger partial charge in [0.15, 0.2) is 0 Å². The molecule has 1 aromatic rings. The first-order valence-corrected chi connectivity index (χ1v) is 7.63. The van der Waals surface area contributed by atoms with Gasteiger partial charge in [0.1, 0.15) is 6.61 Å². The Labute approximate surface area is 120 Å². The highest BCUT2D eigenvalue weighted by Crippen LogP contribution is 2.15. The number of aliphatic hydroxyl groups is 1. The first kappa shape index (κ1) is 16.5. The van der Waals surface area contributed by atoms with Crippen LogP contribution in [0, 0.1) is 18.8 Å². The number of hydrogen-bond donors (Lipinski definition) is 3. The minimum atomic E-state index is -3.64. The molecule has 0 heterocycles. The van der Waals surface area contributed by atoms with Gasteiger partial charge >= 0.3 is 0 Å². The molecular formula is C14H20N2O3S. The van der Waals surface area contributed by atoms with E-state index in [1.165, 1.54) is 0 Å². The maximum absolute atomic E-state index is 12.0. The second-order valence-electron chi connectivity index (χ2n) is 5.51. The molecule has 0 unspecified atom stereocenters. The van der Waals surface area contributed by atoms with E-state index in [0.717, 1.165) is 5.56 Å². The Morgan fingerprint density at radius 2 is 1.90 bits per heavy atom. The summed E-state index contributed by atoms with van der Waals surface area (Å²) in [5, 5.41) is 8.69. The monoisotopic (exact) mass is 296 g/mol. The second kappa shape index (κ2) is 6.27. The first-order valence-electron chi connectivity index (χ1n) is 6.14. The summed E-state index contributed by atoms with van der Waals surface area (Å²) in [6, 6.07) is 5.15. The molecule has 0 atom stereocenters. The highest BCUT2D eigenvalue weighted by Gasteiger charge is 2.19. The van der Waals surface area contributed by atoms with E-state index in [1.54, 1.807) is 32.9 Å². The zero-order valence-corrected chi connectivity index (χ0v) is 12.9. The van der Waals surface area contributed by atoms with E-state index >= 15 is 0 Å². The fraction of sp³-hybridized carbons (Fsp3) is 0.429. The molecule has 0 aliphatic rings. The van der Waals surface area contributed by atoms with E-state index in [4.69, 9.17) is 5.11 Å². The van der Waals surface area contributed by atoms with Crippen LogP contribution in [0.5, 0.6) is 0 Å². The van der Waals surface area contributed by atoms with Gasteiger partial charge in [0.05, 0.1) is 5.69 Å². The first-order chi connectivity index (χ1) is 9.11. The lowest BCUT2D eigenvalue weighted by atomic mass is 10.1. The van der Waals surface area contributed by atoms with Gasteiger partial charge in [-0.2, -0.15) is 13.1 Å². The summed E-state index contributed by atoms with van der Waals surface area (Å²) in [5.41, 5.74) is 1.40. The van der Waals surface area contributed by atoms with Crippen molar-refractivity contribution in [2.45, 2.75) is 33.2 Å². The van der Waals surface area contributed by atoms with Crippen molar-refractivity contribution in [3.63, 3.8) is 0 Å². The van der Waals surface area contributed by atoms with E-state index in [0.29, 0.717) is 11.3 Å². The number of nitrogens with one attached hydrogen (secondary N) is 2. The zero-order chi connectivity index (χ0) is 15.4. The summed E-state index contributed by atoms with van der Waals surface area (Å²) in [6.07, 6.45) is 0. The van der Waals surface area contributed by atoms with Crippen LogP contribution < -0.4 is 9.44 Å². The van der Waals surface area contributed by atoms with Crippen molar-refractivity contribution in [1.29, 1.82) is 0 Å². The van der Waals surface area contributed by atoms with Crippen LogP contribution in [0.3, 0.4) is 0 Å². The van der Waals surface area contributed by atoms with E-state index in [9.17, 15) is 8.42 Å². The topological polar surface area (TPSA) is 78.4 Å². The van der Waals surface area contributed by atoms with Gasteiger partial charge in [0.2, 0.25) is 0 Å². The molecule has 0 aliphatic carbocycles. The smallest absolute Gasteiger partial charge is 0.299 e. The van der Waals surface area contributed by atoms with Crippen LogP contribution in [-0.4, -0.2) is 25.7 Å². The average molecular weight is 296 g/mol. The minimum absolute atomic E-state index is 0.236. The third kappa shape index (κ3) is 6.06. The molecule has 0 saturated carbocycles. The van der Waals surface area contributed by atoms with E-state index in [2.05, 4.69) is 21.3 Å². The van der Waals surface area contributed by atoms with Crippen molar-refractivity contribution in [2.75, 3.05) is 11.3 Å². The molecule has 1 rings (SSSR count). The Morgan fingerprint density at radius 3 is 2.45 bits per heavy atom. The highest BCUT2D eigenvalue weighted by atomic mass is 32.2. The van der Waals surface area contributed by atoms with Gasteiger partial charge in [0, 0.05) is 11.1 Å². The number of aryl methyl sites for hydroxylation is 1. The fourth-order valence-electron chi connectivity index (χ4n) is 1.64. The molecule has 0 fully saturated rings. The fourth-order valence-corrected chi connectivity index (χ4v) is 2.92. The predicted molar refractivity (Wildman–Crippen MR) is 80.6 cm³/mol. The minimum Gasteiger partial charge on any atom is -0.384 e. The van der Waals surface area contributed by atoms with Crippen LogP contribution in [0.2, 0.25) is 0 Å². The van der Waals surface area contributed by atoms with Crippen molar-refractivity contribution in [2.24, 2.45) is 0 Å². The van der Waals surface area contributed by atoms with Crippen molar-refractivity contribution >= 4 is 15.9 Å². The molecule has 0 aliphatic heterocycles. The lowest BCUT2D eigenvalue weighted by molar-refractivity contribution is 0.350. The molecule has 0 spiro atoms. The molecule has 0 amide bonds. The number of anilines is 1. The highest BCUT2D eigenvalue weighted by molar-refractivity contribution is 7.90. The molecule has 6 heteroatoms. The van der Waals surface area contributed by atoms with E-state index in [1.807, 2.05) is 13.0 Å². The van der Waals surface area contributed by atoms with Crippen LogP contribution in [0.25, 0.3) is 0 Å². The van der Waals surface area contributed by atoms with Gasteiger partial charge in [-0.1, -0.05) is 11.8 Å². The molecule has 0 aromatic heterocycles. The van der Waals surface area contributed by atoms with Crippen LogP contribution in [-0.2, 0) is 10.2 Å². The standard InChI is InChI=1S/C14H20N2O3S/c1-11-8-12(6-5-7-17)10-13(9-11)15-20(18,19)16-14(2,3)4/h8-10,15-17H,7H2,1-4H3. The Bertz CT molecular complexity index is 635. The Hall–Kier alpha value is -1.55. The molecule has 5 nitrogen and oxygen atoms in total. The van der Waals surface area contributed by atoms with Crippen LogP contribution >= 0.6 is 0 Å². The average Bonchev–Trinajstić information content (AvgIpc) is 2.21. The van der Waals surface area contributed by atoms with Gasteiger partial charge in [-0.25, -0.2) is 0 Å². The van der Waals surface area contributed by atoms with Gasteiger partial charge in [-0.15, -0.1) is 0 Å². The lowest BCUT2D eigenvalue weighted by Gasteiger charge is -2.21. The molecule has 0 saturated heterocycles. The zero-order valence-electron chi connectivity index (χ0n) is 12.1. The third-order valence-corrected chi connectivity index (χ3v) is 3.47. The summed E-state index contributed by atoms with van der Waals surface area (Å²) in [5.74, 6) is 5.29. The Kier molecular flexibility index (Phi) is 5.17. The molecule has 3 N–H and O–H groups in total. The van der Waals surface area contributed by atoms with E-state index < -0.39 is 15.7 Å². The molecule has 1 aromatic carbocycles. The molecule has 110 valence electrons. The van der Waals surface area contributed by atoms with Gasteiger partial charge < -0.3 is 5.11 Å². The maximum Gasteiger partial charge on any atom is 0.299 e. The van der Waals surface area contributed by atoms with E-state index in [-0.39, 0.29) is 6.61 Å². The summed E-state index contributed by atoms with van der Waals surface area (Å²) in [6.45, 7) is 6.90. The lowest BCUT2D eigenvalue weighted by Crippen LogP contribution is -2.43. The quantitative estimate of drug-likeness (QED) is 0.737. The largest absolute Gasteiger partial charge is 0.384 e. The van der Waals surface area contributed by atoms with Gasteiger partial charge in [-0.3, -0.25) is 4.72 Å². The predicted octanol–water partition coefficient (Wildman–Crippen LogP) is 1.38. The summed E-state index contributed by atoms with van der Waals surface area (Å²) in [4.78, 5) is 0. The molecule has 20 heavy (non-hydrogen) atoms. The maximum atomic E-state index is 12.0. The Balaban J connectivity index is 3.01. The van der Waals surface area contributed by atoms with Gasteiger partial charge in [-0.05, 0) is 51.5 Å². The number of rotatable bonds is 3. The van der Waals surface area contributed by atoms with Crippen molar-refractivity contribution in [1.82, 2.24) is 4.72 Å². The molecule has 0 radical (unpaired) electrons. The normalized spacial score (nSPS) is 11.7. The molecule has 0 bridgehead atoms. The summed E-state index contributed by atoms with van der Waals surface area (Å²) >= 11 is 0. The summed E-state index contributed by atoms with van der Waals surface area (Å²) < 4.78 is 28.9. The van der Waals surface area contributed by atoms with Gasteiger partial charge in [0.25, 0.3) is 10.2 Å². The summed E-state index contributed by atoms with van der Waals surface area (Å²) in [7, 11) is -3.64. The number of benzene rings is 1. The number of aliphatic hydroxyl groups excluding tert-OH is 1. The molecular weight excluding hydrogens is 276 g/mol.